The quantitative estimate of drug-likeness (QED) is 0.609. The van der Waals surface area contributed by atoms with Crippen molar-refractivity contribution in [1.29, 1.82) is 0 Å². The number of aliphatic hydroxyl groups is 1. The maximum atomic E-state index is 11.0. The van der Waals surface area contributed by atoms with Crippen LogP contribution in [0.4, 0.5) is 0 Å². The summed E-state index contributed by atoms with van der Waals surface area (Å²) in [5.74, 6) is 0. The number of hydrogen-bond acceptors (Lipinski definition) is 7. The molecule has 3 heterocycles. The van der Waals surface area contributed by atoms with Crippen LogP contribution in [0.3, 0.4) is 0 Å². The maximum absolute atomic E-state index is 11.0. The summed E-state index contributed by atoms with van der Waals surface area (Å²) in [4.78, 5) is 0. The lowest BCUT2D eigenvalue weighted by Gasteiger charge is -2.49. The molecule has 3 aromatic carbocycles. The van der Waals surface area contributed by atoms with Crippen LogP contribution >= 0.6 is 0 Å². The molecule has 3 aliphatic heterocycles. The number of fused-ring (bicyclic) bond motifs is 1. The molecule has 3 saturated heterocycles. The van der Waals surface area contributed by atoms with Crippen molar-refractivity contribution < 1.29 is 33.5 Å². The van der Waals surface area contributed by atoms with Gasteiger partial charge in [0.05, 0.1) is 13.2 Å². The van der Waals surface area contributed by atoms with Gasteiger partial charge in [-0.3, -0.25) is 0 Å². The average Bonchev–Trinajstić information content (AvgIpc) is 2.94. The van der Waals surface area contributed by atoms with Crippen LogP contribution in [-0.4, -0.2) is 48.8 Å². The number of ether oxygens (including phenoxy) is 6. The van der Waals surface area contributed by atoms with E-state index in [1.807, 2.05) is 91.0 Å². The molecule has 1 N–H and O–H groups in total. The van der Waals surface area contributed by atoms with Gasteiger partial charge in [-0.2, -0.15) is 0 Å². The Kier molecular flexibility index (Phi) is 6.63. The summed E-state index contributed by atoms with van der Waals surface area (Å²) in [6.45, 7) is 0.450. The van der Waals surface area contributed by atoms with Gasteiger partial charge in [0.25, 0.3) is 0 Å². The summed E-state index contributed by atoms with van der Waals surface area (Å²) in [7, 11) is 0. The number of hydrogen-bond donors (Lipinski definition) is 1. The molecule has 0 spiro atoms. The van der Waals surface area contributed by atoms with Crippen LogP contribution in [0.1, 0.15) is 35.6 Å². The Bertz CT molecular complexity index is 1030. The van der Waals surface area contributed by atoms with E-state index in [2.05, 4.69) is 0 Å². The summed E-state index contributed by atoms with van der Waals surface area (Å²) in [5, 5.41) is 11.0. The standard InChI is InChI=1S/C28H28O7/c29-21-16-30-26(18-10-4-1-5-11-18)33-23(21)25-24-22(32-28(35-25)20-14-8-3-9-15-20)17-31-27(34-24)19-12-6-2-7-13-19/h1-15,21-29H,16-17H2/t21-,22+,23+,24-,25+,26-,27-,28-/m0/s1. The second-order valence-electron chi connectivity index (χ2n) is 8.94. The first-order chi connectivity index (χ1) is 17.3. The Hall–Kier alpha value is -2.62. The highest BCUT2D eigenvalue weighted by Gasteiger charge is 2.52. The normalized spacial score (nSPS) is 35.2. The molecule has 0 bridgehead atoms. The fraction of sp³-hybridized carbons (Fsp3) is 0.357. The molecule has 0 amide bonds. The van der Waals surface area contributed by atoms with Crippen LogP contribution in [-0.2, 0) is 28.4 Å². The second kappa shape index (κ2) is 10.2. The van der Waals surface area contributed by atoms with Gasteiger partial charge in [-0.25, -0.2) is 0 Å². The highest BCUT2D eigenvalue weighted by molar-refractivity contribution is 5.19. The molecule has 3 aromatic rings. The molecule has 3 aliphatic rings. The second-order valence-corrected chi connectivity index (χ2v) is 8.94. The topological polar surface area (TPSA) is 75.6 Å². The molecular weight excluding hydrogens is 448 g/mol. The van der Waals surface area contributed by atoms with Crippen LogP contribution in [0, 0.1) is 0 Å². The molecule has 8 atom stereocenters. The first-order valence-electron chi connectivity index (χ1n) is 11.9. The summed E-state index contributed by atoms with van der Waals surface area (Å²) in [5.41, 5.74) is 2.66. The van der Waals surface area contributed by atoms with E-state index in [-0.39, 0.29) is 6.61 Å². The Morgan fingerprint density at radius 2 is 0.943 bits per heavy atom. The summed E-state index contributed by atoms with van der Waals surface area (Å²) in [6.07, 6.45) is -4.92. The van der Waals surface area contributed by atoms with Gasteiger partial charge in [0, 0.05) is 16.7 Å². The van der Waals surface area contributed by atoms with Crippen LogP contribution in [0.5, 0.6) is 0 Å². The molecule has 35 heavy (non-hydrogen) atoms. The molecule has 3 fully saturated rings. The molecular formula is C28H28O7. The minimum absolute atomic E-state index is 0.122. The maximum Gasteiger partial charge on any atom is 0.184 e. The predicted octanol–water partition coefficient (Wildman–Crippen LogP) is 4.06. The van der Waals surface area contributed by atoms with Crippen molar-refractivity contribution in [2.24, 2.45) is 0 Å². The highest BCUT2D eigenvalue weighted by Crippen LogP contribution is 2.41. The van der Waals surface area contributed by atoms with Gasteiger partial charge in [-0.15, -0.1) is 0 Å². The minimum atomic E-state index is -0.892. The van der Waals surface area contributed by atoms with E-state index in [0.717, 1.165) is 16.7 Å². The Labute approximate surface area is 204 Å². The smallest absolute Gasteiger partial charge is 0.184 e. The predicted molar refractivity (Wildman–Crippen MR) is 125 cm³/mol. The van der Waals surface area contributed by atoms with Crippen LogP contribution in [0.25, 0.3) is 0 Å². The number of benzene rings is 3. The number of aliphatic hydroxyl groups excluding tert-OH is 1. The van der Waals surface area contributed by atoms with E-state index in [1.165, 1.54) is 0 Å². The van der Waals surface area contributed by atoms with Gasteiger partial charge in [-0.1, -0.05) is 91.0 Å². The fourth-order valence-electron chi connectivity index (χ4n) is 4.81. The van der Waals surface area contributed by atoms with Crippen molar-refractivity contribution in [1.82, 2.24) is 0 Å². The molecule has 0 saturated carbocycles. The van der Waals surface area contributed by atoms with Crippen LogP contribution in [0.15, 0.2) is 91.0 Å². The van der Waals surface area contributed by atoms with E-state index >= 15 is 0 Å². The molecule has 0 unspecified atom stereocenters. The molecule has 182 valence electrons. The van der Waals surface area contributed by atoms with E-state index in [9.17, 15) is 5.11 Å². The third-order valence-electron chi connectivity index (χ3n) is 6.58. The lowest BCUT2D eigenvalue weighted by molar-refractivity contribution is -0.391. The molecule has 0 radical (unpaired) electrons. The Morgan fingerprint density at radius 3 is 1.51 bits per heavy atom. The van der Waals surface area contributed by atoms with Gasteiger partial charge in [0.15, 0.2) is 18.9 Å². The van der Waals surface area contributed by atoms with Crippen molar-refractivity contribution in [2.45, 2.75) is 49.4 Å². The third kappa shape index (κ3) is 4.77. The van der Waals surface area contributed by atoms with E-state index in [0.29, 0.717) is 6.61 Å². The van der Waals surface area contributed by atoms with Crippen molar-refractivity contribution in [3.63, 3.8) is 0 Å². The first-order valence-corrected chi connectivity index (χ1v) is 11.9. The largest absolute Gasteiger partial charge is 0.388 e. The zero-order valence-electron chi connectivity index (χ0n) is 19.1. The van der Waals surface area contributed by atoms with Gasteiger partial charge in [0.2, 0.25) is 0 Å². The van der Waals surface area contributed by atoms with E-state index < -0.39 is 49.4 Å². The fourth-order valence-corrected chi connectivity index (χ4v) is 4.81. The lowest BCUT2D eigenvalue weighted by atomic mass is 9.95. The third-order valence-corrected chi connectivity index (χ3v) is 6.58. The summed E-state index contributed by atoms with van der Waals surface area (Å²) in [6, 6.07) is 29.2. The lowest BCUT2D eigenvalue weighted by Crippen LogP contribution is -2.62. The highest BCUT2D eigenvalue weighted by atomic mass is 16.8. The SMILES string of the molecule is O[C@H]1CO[C@H](c2ccccc2)O[C@H]1[C@H]1O[C@@H](c2ccccc2)O[C@@H]2CO[C@H](c3ccccc3)O[C@H]12. The van der Waals surface area contributed by atoms with Crippen molar-refractivity contribution >= 4 is 0 Å². The van der Waals surface area contributed by atoms with Crippen molar-refractivity contribution in [3.05, 3.63) is 108 Å². The van der Waals surface area contributed by atoms with Gasteiger partial charge in [-0.05, 0) is 0 Å². The number of rotatable bonds is 4. The average molecular weight is 477 g/mol. The van der Waals surface area contributed by atoms with E-state index in [1.54, 1.807) is 0 Å². The zero-order valence-corrected chi connectivity index (χ0v) is 19.1. The van der Waals surface area contributed by atoms with Crippen molar-refractivity contribution in [2.75, 3.05) is 13.2 Å². The van der Waals surface area contributed by atoms with Crippen LogP contribution < -0.4 is 0 Å². The molecule has 7 heteroatoms. The van der Waals surface area contributed by atoms with E-state index in [4.69, 9.17) is 28.4 Å². The molecule has 0 aliphatic carbocycles. The van der Waals surface area contributed by atoms with Gasteiger partial charge >= 0.3 is 0 Å². The minimum Gasteiger partial charge on any atom is -0.388 e. The molecule has 7 nitrogen and oxygen atoms in total. The van der Waals surface area contributed by atoms with Crippen LogP contribution in [0.2, 0.25) is 0 Å². The Morgan fingerprint density at radius 1 is 0.486 bits per heavy atom. The Balaban J connectivity index is 1.30. The molecule has 6 rings (SSSR count). The first kappa shape index (κ1) is 22.8. The van der Waals surface area contributed by atoms with Crippen molar-refractivity contribution in [3.8, 4) is 0 Å². The van der Waals surface area contributed by atoms with Gasteiger partial charge < -0.3 is 33.5 Å². The summed E-state index contributed by atoms with van der Waals surface area (Å²) >= 11 is 0. The van der Waals surface area contributed by atoms with Gasteiger partial charge in [0.1, 0.15) is 30.5 Å². The summed E-state index contributed by atoms with van der Waals surface area (Å²) < 4.78 is 37.4. The monoisotopic (exact) mass is 476 g/mol. The molecule has 0 aromatic heterocycles. The zero-order chi connectivity index (χ0) is 23.6.